The maximum absolute atomic E-state index is 12.1. The van der Waals surface area contributed by atoms with E-state index in [1.807, 2.05) is 0 Å². The van der Waals surface area contributed by atoms with E-state index in [-0.39, 0.29) is 5.56 Å². The molecule has 1 rings (SSSR count). The van der Waals surface area contributed by atoms with Crippen molar-refractivity contribution in [3.8, 4) is 11.5 Å². The van der Waals surface area contributed by atoms with Crippen molar-refractivity contribution in [3.63, 3.8) is 0 Å². The monoisotopic (exact) mass is 332 g/mol. The third-order valence-corrected chi connectivity index (χ3v) is 2.11. The molecule has 0 aliphatic carbocycles. The van der Waals surface area contributed by atoms with Gasteiger partial charge >= 0.3 is 18.3 Å². The van der Waals surface area contributed by atoms with Crippen LogP contribution in [0.5, 0.6) is 11.5 Å². The van der Waals surface area contributed by atoms with Crippen LogP contribution >= 0.6 is 0 Å². The van der Waals surface area contributed by atoms with Crippen molar-refractivity contribution in [1.82, 2.24) is 0 Å². The van der Waals surface area contributed by atoms with Crippen LogP contribution < -0.4 is 9.47 Å². The highest BCUT2D eigenvalue weighted by Crippen LogP contribution is 2.27. The summed E-state index contributed by atoms with van der Waals surface area (Å²) in [6.07, 6.45) is -9.29. The van der Waals surface area contributed by atoms with Crippen molar-refractivity contribution in [2.75, 3.05) is 20.3 Å². The normalized spacial score (nSPS) is 12.0. The van der Waals surface area contributed by atoms with Gasteiger partial charge in [-0.1, -0.05) is 0 Å². The molecule has 0 fully saturated rings. The molecule has 0 radical (unpaired) electrons. The van der Waals surface area contributed by atoms with Gasteiger partial charge in [-0.3, -0.25) is 0 Å². The Kier molecular flexibility index (Phi) is 5.50. The van der Waals surface area contributed by atoms with Crippen LogP contribution in [0.25, 0.3) is 0 Å². The van der Waals surface area contributed by atoms with Crippen molar-refractivity contribution < 1.29 is 45.3 Å². The predicted molar refractivity (Wildman–Crippen MR) is 60.9 cm³/mol. The minimum absolute atomic E-state index is 0.306. The number of rotatable bonds is 5. The molecule has 4 nitrogen and oxygen atoms in total. The zero-order valence-corrected chi connectivity index (χ0v) is 11.0. The van der Waals surface area contributed by atoms with Crippen LogP contribution in [0.3, 0.4) is 0 Å². The van der Waals surface area contributed by atoms with Crippen molar-refractivity contribution in [2.45, 2.75) is 12.4 Å². The van der Waals surface area contributed by atoms with E-state index >= 15 is 0 Å². The van der Waals surface area contributed by atoms with Gasteiger partial charge in [-0.25, -0.2) is 4.79 Å². The minimum atomic E-state index is -4.64. The van der Waals surface area contributed by atoms with Crippen LogP contribution in [0.15, 0.2) is 18.2 Å². The second-order valence-corrected chi connectivity index (χ2v) is 3.99. The maximum atomic E-state index is 12.1. The van der Waals surface area contributed by atoms with E-state index in [9.17, 15) is 31.1 Å². The molecule has 22 heavy (non-hydrogen) atoms. The summed E-state index contributed by atoms with van der Waals surface area (Å²) >= 11 is 0. The lowest BCUT2D eigenvalue weighted by atomic mass is 10.2. The van der Waals surface area contributed by atoms with Gasteiger partial charge in [0, 0.05) is 6.07 Å². The lowest BCUT2D eigenvalue weighted by Gasteiger charge is -2.13. The first-order valence-electron chi connectivity index (χ1n) is 5.63. The third-order valence-electron chi connectivity index (χ3n) is 2.11. The van der Waals surface area contributed by atoms with Crippen LogP contribution in [0.1, 0.15) is 10.4 Å². The summed E-state index contributed by atoms with van der Waals surface area (Å²) in [5, 5.41) is 0. The summed E-state index contributed by atoms with van der Waals surface area (Å²) in [4.78, 5) is 11.3. The van der Waals surface area contributed by atoms with Crippen LogP contribution in [-0.4, -0.2) is 38.6 Å². The number of carbonyl (C=O) groups excluding carboxylic acids is 1. The molecular weight excluding hydrogens is 322 g/mol. The molecule has 1 aromatic rings. The Morgan fingerprint density at radius 3 is 1.64 bits per heavy atom. The first-order valence-corrected chi connectivity index (χ1v) is 5.63. The van der Waals surface area contributed by atoms with Gasteiger partial charge in [0.15, 0.2) is 13.2 Å². The molecule has 0 aliphatic rings. The van der Waals surface area contributed by atoms with Gasteiger partial charge in [0.1, 0.15) is 11.5 Å². The molecule has 0 bridgehead atoms. The number of halogens is 6. The van der Waals surface area contributed by atoms with E-state index in [4.69, 9.17) is 0 Å². The average molecular weight is 332 g/mol. The highest BCUT2D eigenvalue weighted by molar-refractivity contribution is 5.90. The third kappa shape index (κ3) is 6.55. The van der Waals surface area contributed by atoms with Gasteiger partial charge in [-0.2, -0.15) is 26.3 Å². The number of ether oxygens (including phenoxy) is 3. The summed E-state index contributed by atoms with van der Waals surface area (Å²) < 4.78 is 85.6. The molecule has 0 unspecified atom stereocenters. The van der Waals surface area contributed by atoms with Gasteiger partial charge in [-0.15, -0.1) is 0 Å². The molecular formula is C12H10F6O4. The Bertz CT molecular complexity index is 487. The first-order chi connectivity index (χ1) is 10.00. The number of esters is 1. The van der Waals surface area contributed by atoms with Crippen LogP contribution in [0.2, 0.25) is 0 Å². The predicted octanol–water partition coefficient (Wildman–Crippen LogP) is 3.36. The van der Waals surface area contributed by atoms with Crippen molar-refractivity contribution in [2.24, 2.45) is 0 Å². The minimum Gasteiger partial charge on any atom is -0.484 e. The largest absolute Gasteiger partial charge is 0.484 e. The fraction of sp³-hybridized carbons (Fsp3) is 0.417. The zero-order valence-electron chi connectivity index (χ0n) is 11.0. The number of hydrogen-bond donors (Lipinski definition) is 0. The van der Waals surface area contributed by atoms with E-state index in [0.717, 1.165) is 25.3 Å². The number of benzene rings is 1. The number of alkyl halides is 6. The molecule has 0 heterocycles. The molecule has 0 saturated heterocycles. The van der Waals surface area contributed by atoms with E-state index in [0.29, 0.717) is 0 Å². The number of methoxy groups -OCH3 is 1. The number of hydrogen-bond acceptors (Lipinski definition) is 4. The van der Waals surface area contributed by atoms with E-state index in [1.54, 1.807) is 0 Å². The quantitative estimate of drug-likeness (QED) is 0.613. The molecule has 0 aromatic heterocycles. The van der Waals surface area contributed by atoms with Gasteiger partial charge in [0.2, 0.25) is 0 Å². The van der Waals surface area contributed by atoms with Crippen LogP contribution in [0.4, 0.5) is 26.3 Å². The van der Waals surface area contributed by atoms with Crippen molar-refractivity contribution >= 4 is 5.97 Å². The lowest BCUT2D eigenvalue weighted by molar-refractivity contribution is -0.153. The van der Waals surface area contributed by atoms with Crippen LogP contribution in [0, 0.1) is 0 Å². The fourth-order valence-corrected chi connectivity index (χ4v) is 1.30. The van der Waals surface area contributed by atoms with Crippen molar-refractivity contribution in [3.05, 3.63) is 23.8 Å². The highest BCUT2D eigenvalue weighted by atomic mass is 19.4. The highest BCUT2D eigenvalue weighted by Gasteiger charge is 2.30. The molecule has 0 N–H and O–H groups in total. The summed E-state index contributed by atoms with van der Waals surface area (Å²) in [6, 6.07) is 2.61. The second kappa shape index (κ2) is 6.75. The van der Waals surface area contributed by atoms with Gasteiger partial charge < -0.3 is 14.2 Å². The molecule has 1 aromatic carbocycles. The van der Waals surface area contributed by atoms with Gasteiger partial charge in [-0.05, 0) is 12.1 Å². The summed E-state index contributed by atoms with van der Waals surface area (Å²) in [5.41, 5.74) is -0.306. The SMILES string of the molecule is COC(=O)c1cc(OCC(F)(F)F)cc(OCC(F)(F)F)c1. The first kappa shape index (κ1) is 17.9. The van der Waals surface area contributed by atoms with Crippen molar-refractivity contribution in [1.29, 1.82) is 0 Å². The average Bonchev–Trinajstić information content (AvgIpc) is 2.40. The van der Waals surface area contributed by atoms with Gasteiger partial charge in [0.25, 0.3) is 0 Å². The molecule has 124 valence electrons. The number of carbonyl (C=O) groups is 1. The Morgan fingerprint density at radius 1 is 0.909 bits per heavy atom. The zero-order chi connectivity index (χ0) is 17.0. The molecule has 10 heteroatoms. The fourth-order valence-electron chi connectivity index (χ4n) is 1.30. The Labute approximate surface area is 120 Å². The molecule has 0 amide bonds. The molecule has 0 atom stereocenters. The molecule has 0 saturated carbocycles. The summed E-state index contributed by atoms with van der Waals surface area (Å²) in [7, 11) is 1.00. The molecule has 0 aliphatic heterocycles. The van der Waals surface area contributed by atoms with E-state index in [2.05, 4.69) is 14.2 Å². The van der Waals surface area contributed by atoms with E-state index in [1.165, 1.54) is 0 Å². The topological polar surface area (TPSA) is 44.8 Å². The van der Waals surface area contributed by atoms with Crippen LogP contribution in [-0.2, 0) is 4.74 Å². The summed E-state index contributed by atoms with van der Waals surface area (Å²) in [5.74, 6) is -1.91. The molecule has 0 spiro atoms. The Hall–Kier alpha value is -2.13. The summed E-state index contributed by atoms with van der Waals surface area (Å²) in [6.45, 7) is -3.34. The van der Waals surface area contributed by atoms with E-state index < -0.39 is 43.0 Å². The van der Waals surface area contributed by atoms with Gasteiger partial charge in [0.05, 0.1) is 12.7 Å². The Balaban J connectivity index is 2.97. The lowest BCUT2D eigenvalue weighted by Crippen LogP contribution is -2.20. The maximum Gasteiger partial charge on any atom is 0.422 e. The standard InChI is InChI=1S/C12H10F6O4/c1-20-10(19)7-2-8(21-5-11(13,14)15)4-9(3-7)22-6-12(16,17)18/h2-4H,5-6H2,1H3. The Morgan fingerprint density at radius 2 is 1.32 bits per heavy atom. The smallest absolute Gasteiger partial charge is 0.422 e. The second-order valence-electron chi connectivity index (χ2n) is 3.99.